The van der Waals surface area contributed by atoms with Gasteiger partial charge in [-0.05, 0) is 0 Å². The Hall–Kier alpha value is -1.14. The highest BCUT2D eigenvalue weighted by molar-refractivity contribution is 6.34. The smallest absolute Gasteiger partial charge is 0.309 e. The second-order valence-electron chi connectivity index (χ2n) is 3.80. The minimum Gasteiger partial charge on any atom is -0.370 e. The summed E-state index contributed by atoms with van der Waals surface area (Å²) in [4.78, 5) is 23.4. The van der Waals surface area contributed by atoms with E-state index in [2.05, 4.69) is 10.6 Å². The highest BCUT2D eigenvalue weighted by Crippen LogP contribution is 1.77. The van der Waals surface area contributed by atoms with Crippen LogP contribution in [-0.4, -0.2) is 58.3 Å². The van der Waals surface area contributed by atoms with E-state index in [4.69, 9.17) is 4.74 Å². The fourth-order valence-electron chi connectivity index (χ4n) is 1.64. The summed E-state index contributed by atoms with van der Waals surface area (Å²) in [5.41, 5.74) is 0. The zero-order chi connectivity index (χ0) is 11.8. The van der Waals surface area contributed by atoms with Gasteiger partial charge in [-0.3, -0.25) is 9.59 Å². The van der Waals surface area contributed by atoms with Crippen molar-refractivity contribution < 1.29 is 19.2 Å². The fourth-order valence-corrected chi connectivity index (χ4v) is 1.64. The van der Waals surface area contributed by atoms with Gasteiger partial charge in [0.15, 0.2) is 0 Å². The lowest BCUT2D eigenvalue weighted by Gasteiger charge is -2.23. The number of quaternary nitrogens is 1. The molecule has 1 aliphatic rings. The summed E-state index contributed by atoms with van der Waals surface area (Å²) in [5, 5.41) is 4.86. The van der Waals surface area contributed by atoms with Crippen LogP contribution in [0.1, 0.15) is 6.42 Å². The lowest BCUT2D eigenvalue weighted by molar-refractivity contribution is -0.908. The molecule has 0 unspecified atom stereocenters. The predicted molar refractivity (Wildman–Crippen MR) is 58.1 cm³/mol. The van der Waals surface area contributed by atoms with Crippen LogP contribution in [0.25, 0.3) is 0 Å². The first-order chi connectivity index (χ1) is 7.74. The number of likely N-dealkylation sites (N-methyl/N-ethyl adjacent to an activating group) is 1. The summed E-state index contributed by atoms with van der Waals surface area (Å²) in [7, 11) is 1.44. The first-order valence-corrected chi connectivity index (χ1v) is 5.65. The van der Waals surface area contributed by atoms with E-state index in [0.717, 1.165) is 39.3 Å². The number of morpholine rings is 1. The van der Waals surface area contributed by atoms with Gasteiger partial charge >= 0.3 is 11.8 Å². The number of carbonyl (C=O) groups excluding carboxylic acids is 2. The number of ether oxygens (including phenoxy) is 1. The van der Waals surface area contributed by atoms with E-state index in [9.17, 15) is 9.59 Å². The minimum absolute atomic E-state index is 0.552. The molecule has 16 heavy (non-hydrogen) atoms. The topological polar surface area (TPSA) is 71.9 Å². The highest BCUT2D eigenvalue weighted by atomic mass is 16.5. The zero-order valence-electron chi connectivity index (χ0n) is 9.67. The summed E-state index contributed by atoms with van der Waals surface area (Å²) in [6, 6.07) is 0. The molecule has 0 aromatic rings. The van der Waals surface area contributed by atoms with Gasteiger partial charge in [0, 0.05) is 20.0 Å². The lowest BCUT2D eigenvalue weighted by Crippen LogP contribution is -3.14. The van der Waals surface area contributed by atoms with Crippen LogP contribution < -0.4 is 15.5 Å². The van der Waals surface area contributed by atoms with E-state index in [1.165, 1.54) is 11.9 Å². The molecule has 1 fully saturated rings. The minimum atomic E-state index is -0.585. The molecular weight excluding hydrogens is 210 g/mol. The Bertz CT molecular complexity index is 239. The summed E-state index contributed by atoms with van der Waals surface area (Å²) < 4.78 is 5.25. The Labute approximate surface area is 95.3 Å². The van der Waals surface area contributed by atoms with Crippen molar-refractivity contribution in [3.8, 4) is 0 Å². The molecule has 2 amide bonds. The third kappa shape index (κ3) is 4.59. The van der Waals surface area contributed by atoms with Gasteiger partial charge in [0.25, 0.3) is 0 Å². The van der Waals surface area contributed by atoms with Gasteiger partial charge < -0.3 is 20.3 Å². The highest BCUT2D eigenvalue weighted by Gasteiger charge is 2.14. The van der Waals surface area contributed by atoms with Crippen LogP contribution >= 0.6 is 0 Å². The molecule has 1 aliphatic heterocycles. The number of hydrogen-bond acceptors (Lipinski definition) is 3. The second-order valence-corrected chi connectivity index (χ2v) is 3.80. The third-order valence-electron chi connectivity index (χ3n) is 2.63. The van der Waals surface area contributed by atoms with Gasteiger partial charge in [-0.2, -0.15) is 0 Å². The van der Waals surface area contributed by atoms with Crippen LogP contribution in [0, 0.1) is 0 Å². The van der Waals surface area contributed by atoms with Crippen LogP contribution in [0.2, 0.25) is 0 Å². The monoisotopic (exact) mass is 230 g/mol. The average molecular weight is 230 g/mol. The quantitative estimate of drug-likeness (QED) is 0.360. The molecule has 3 N–H and O–H groups in total. The summed E-state index contributed by atoms with van der Waals surface area (Å²) in [5.74, 6) is -1.14. The Morgan fingerprint density at radius 1 is 1.25 bits per heavy atom. The molecule has 6 nitrogen and oxygen atoms in total. The third-order valence-corrected chi connectivity index (χ3v) is 2.63. The van der Waals surface area contributed by atoms with Crippen molar-refractivity contribution >= 4 is 11.8 Å². The molecule has 0 bridgehead atoms. The first-order valence-electron chi connectivity index (χ1n) is 5.65. The number of nitrogens with one attached hydrogen (secondary N) is 3. The van der Waals surface area contributed by atoms with Crippen molar-refractivity contribution in [3.05, 3.63) is 0 Å². The van der Waals surface area contributed by atoms with Gasteiger partial charge in [-0.15, -0.1) is 0 Å². The first kappa shape index (κ1) is 12.9. The van der Waals surface area contributed by atoms with Crippen LogP contribution in [0.3, 0.4) is 0 Å². The van der Waals surface area contributed by atoms with Crippen LogP contribution in [0.15, 0.2) is 0 Å². The maximum atomic E-state index is 11.1. The van der Waals surface area contributed by atoms with E-state index in [0.29, 0.717) is 6.54 Å². The van der Waals surface area contributed by atoms with Crippen molar-refractivity contribution in [1.82, 2.24) is 10.6 Å². The largest absolute Gasteiger partial charge is 0.370 e. The van der Waals surface area contributed by atoms with Crippen LogP contribution in [0.4, 0.5) is 0 Å². The van der Waals surface area contributed by atoms with Gasteiger partial charge in [-0.25, -0.2) is 0 Å². The standard InChI is InChI=1S/C10H19N3O3/c1-11-9(14)10(15)12-3-2-4-13-5-7-16-8-6-13/h2-8H2,1H3,(H,11,14)(H,12,15)/p+1. The normalized spacial score (nSPS) is 16.8. The molecule has 1 saturated heterocycles. The summed E-state index contributed by atoms with van der Waals surface area (Å²) in [6.07, 6.45) is 0.887. The number of carbonyl (C=O) groups is 2. The number of rotatable bonds is 4. The molecule has 0 aliphatic carbocycles. The SMILES string of the molecule is CNC(=O)C(=O)NCCC[NH+]1CCOCC1. The van der Waals surface area contributed by atoms with Crippen molar-refractivity contribution in [2.75, 3.05) is 46.4 Å². The van der Waals surface area contributed by atoms with E-state index < -0.39 is 11.8 Å². The van der Waals surface area contributed by atoms with E-state index in [-0.39, 0.29) is 0 Å². The molecule has 92 valence electrons. The molecule has 0 aromatic heterocycles. The molecule has 6 heteroatoms. The Kier molecular flexibility index (Phi) is 5.81. The fraction of sp³-hybridized carbons (Fsp3) is 0.800. The number of amides is 2. The molecule has 0 spiro atoms. The van der Waals surface area contributed by atoms with Crippen molar-refractivity contribution in [2.45, 2.75) is 6.42 Å². The van der Waals surface area contributed by atoms with Crippen molar-refractivity contribution in [3.63, 3.8) is 0 Å². The molecule has 1 heterocycles. The molecule has 1 rings (SSSR count). The van der Waals surface area contributed by atoms with Crippen molar-refractivity contribution in [2.24, 2.45) is 0 Å². The van der Waals surface area contributed by atoms with Crippen molar-refractivity contribution in [1.29, 1.82) is 0 Å². The Morgan fingerprint density at radius 2 is 1.94 bits per heavy atom. The lowest BCUT2D eigenvalue weighted by atomic mass is 10.3. The van der Waals surface area contributed by atoms with E-state index >= 15 is 0 Å². The molecule has 0 atom stereocenters. The molecule has 0 saturated carbocycles. The predicted octanol–water partition coefficient (Wildman–Crippen LogP) is -2.85. The Morgan fingerprint density at radius 3 is 2.56 bits per heavy atom. The van der Waals surface area contributed by atoms with Crippen LogP contribution in [-0.2, 0) is 14.3 Å². The van der Waals surface area contributed by atoms with Gasteiger partial charge in [0.1, 0.15) is 13.1 Å². The van der Waals surface area contributed by atoms with Gasteiger partial charge in [0.2, 0.25) is 0 Å². The maximum absolute atomic E-state index is 11.1. The van der Waals surface area contributed by atoms with Gasteiger partial charge in [-0.1, -0.05) is 0 Å². The molecular formula is C10H20N3O3+. The summed E-state index contributed by atoms with van der Waals surface area (Å²) >= 11 is 0. The second kappa shape index (κ2) is 7.19. The van der Waals surface area contributed by atoms with E-state index in [1.807, 2.05) is 0 Å². The van der Waals surface area contributed by atoms with E-state index in [1.54, 1.807) is 0 Å². The molecule has 0 radical (unpaired) electrons. The molecule has 0 aromatic carbocycles. The Balaban J connectivity index is 2.02. The zero-order valence-corrected chi connectivity index (χ0v) is 9.67. The number of hydrogen-bond donors (Lipinski definition) is 3. The van der Waals surface area contributed by atoms with Crippen LogP contribution in [0.5, 0.6) is 0 Å². The van der Waals surface area contributed by atoms with Gasteiger partial charge in [0.05, 0.1) is 19.8 Å². The average Bonchev–Trinajstić information content (AvgIpc) is 2.34. The summed E-state index contributed by atoms with van der Waals surface area (Å²) in [6.45, 7) is 5.26. The maximum Gasteiger partial charge on any atom is 0.309 e.